The monoisotopic (exact) mass is 477 g/mol. The fourth-order valence-corrected chi connectivity index (χ4v) is 3.82. The van der Waals surface area contributed by atoms with E-state index in [0.29, 0.717) is 54.2 Å². The first-order chi connectivity index (χ1) is 17.1. The van der Waals surface area contributed by atoms with Gasteiger partial charge in [-0.3, -0.25) is 14.5 Å². The molecule has 35 heavy (non-hydrogen) atoms. The molecule has 1 heterocycles. The minimum Gasteiger partial charge on any atom is -0.492 e. The summed E-state index contributed by atoms with van der Waals surface area (Å²) in [6, 6.07) is 16.5. The van der Waals surface area contributed by atoms with Gasteiger partial charge in [-0.05, 0) is 51.0 Å². The van der Waals surface area contributed by atoms with Gasteiger partial charge in [-0.1, -0.05) is 18.2 Å². The maximum absolute atomic E-state index is 13.0. The third-order valence-corrected chi connectivity index (χ3v) is 5.59. The summed E-state index contributed by atoms with van der Waals surface area (Å²) in [5.41, 5.74) is 1.49. The molecular weight excluding hydrogens is 446 g/mol. The molecule has 1 aromatic heterocycles. The third kappa shape index (κ3) is 6.64. The van der Waals surface area contributed by atoms with Crippen LogP contribution in [0.4, 0.5) is 11.4 Å². The topological polar surface area (TPSA) is 93.0 Å². The number of nitrogens with one attached hydrogen (secondary N) is 2. The van der Waals surface area contributed by atoms with Gasteiger partial charge in [0.1, 0.15) is 17.3 Å². The first-order valence-corrected chi connectivity index (χ1v) is 11.9. The lowest BCUT2D eigenvalue weighted by molar-refractivity contribution is -0.117. The molecule has 0 spiro atoms. The zero-order chi connectivity index (χ0) is 24.6. The molecule has 1 aliphatic carbocycles. The maximum atomic E-state index is 13.0. The molecule has 8 heteroatoms. The van der Waals surface area contributed by atoms with E-state index in [2.05, 4.69) is 15.5 Å². The second-order valence-electron chi connectivity index (χ2n) is 8.29. The van der Waals surface area contributed by atoms with Crippen molar-refractivity contribution in [1.29, 1.82) is 0 Å². The Labute approximate surface area is 205 Å². The molecule has 1 fully saturated rings. The average molecular weight is 478 g/mol. The van der Waals surface area contributed by atoms with Crippen molar-refractivity contribution in [2.45, 2.75) is 39.3 Å². The summed E-state index contributed by atoms with van der Waals surface area (Å²) in [6.45, 7) is 5.33. The van der Waals surface area contributed by atoms with Gasteiger partial charge in [-0.15, -0.1) is 0 Å². The van der Waals surface area contributed by atoms with Crippen molar-refractivity contribution in [3.05, 3.63) is 72.2 Å². The van der Waals surface area contributed by atoms with Crippen molar-refractivity contribution >= 4 is 23.2 Å². The quantitative estimate of drug-likeness (QED) is 0.384. The van der Waals surface area contributed by atoms with Crippen LogP contribution in [0.5, 0.6) is 11.5 Å². The van der Waals surface area contributed by atoms with Crippen LogP contribution in [0.3, 0.4) is 0 Å². The van der Waals surface area contributed by atoms with Gasteiger partial charge >= 0.3 is 0 Å². The Morgan fingerprint density at radius 2 is 1.60 bits per heavy atom. The predicted molar refractivity (Wildman–Crippen MR) is 134 cm³/mol. The number of hydrogen-bond acceptors (Lipinski definition) is 6. The molecular formula is C27H31N3O5. The number of benzene rings is 2. The van der Waals surface area contributed by atoms with Crippen LogP contribution < -0.4 is 20.1 Å². The lowest BCUT2D eigenvalue weighted by Gasteiger charge is -2.21. The summed E-state index contributed by atoms with van der Waals surface area (Å²) < 4.78 is 17.1. The summed E-state index contributed by atoms with van der Waals surface area (Å²) in [4.78, 5) is 27.9. The number of amides is 2. The lowest BCUT2D eigenvalue weighted by atomic mass is 10.2. The zero-order valence-electron chi connectivity index (χ0n) is 20.1. The Bertz CT molecular complexity index is 1130. The molecule has 2 N–H and O–H groups in total. The third-order valence-electron chi connectivity index (χ3n) is 5.59. The van der Waals surface area contributed by atoms with Crippen LogP contribution in [0.1, 0.15) is 42.8 Å². The van der Waals surface area contributed by atoms with Gasteiger partial charge in [0, 0.05) is 23.7 Å². The Morgan fingerprint density at radius 3 is 2.17 bits per heavy atom. The van der Waals surface area contributed by atoms with Crippen LogP contribution in [0, 0.1) is 0 Å². The molecule has 8 nitrogen and oxygen atoms in total. The molecule has 0 radical (unpaired) electrons. The fraction of sp³-hybridized carbons (Fsp3) is 0.333. The summed E-state index contributed by atoms with van der Waals surface area (Å²) in [7, 11) is 0. The van der Waals surface area contributed by atoms with E-state index in [1.807, 2.05) is 32.0 Å². The van der Waals surface area contributed by atoms with E-state index in [-0.39, 0.29) is 18.4 Å². The number of ether oxygens (including phenoxy) is 2. The molecule has 0 aliphatic heterocycles. The average Bonchev–Trinajstić information content (AvgIpc) is 3.58. The van der Waals surface area contributed by atoms with Gasteiger partial charge in [0.05, 0.1) is 43.9 Å². The fourth-order valence-electron chi connectivity index (χ4n) is 3.82. The highest BCUT2D eigenvalue weighted by atomic mass is 16.5. The van der Waals surface area contributed by atoms with E-state index in [1.165, 1.54) is 0 Å². The largest absolute Gasteiger partial charge is 0.492 e. The Hall–Kier alpha value is -3.78. The molecule has 0 atom stereocenters. The first kappa shape index (κ1) is 24.3. The van der Waals surface area contributed by atoms with Crippen LogP contribution in [-0.4, -0.2) is 42.5 Å². The Kier molecular flexibility index (Phi) is 8.05. The van der Waals surface area contributed by atoms with E-state index in [9.17, 15) is 9.59 Å². The lowest BCUT2D eigenvalue weighted by Crippen LogP contribution is -2.34. The number of carbonyl (C=O) groups is 2. The SMILES string of the molecule is CCOc1cc(NC(=O)c2ccccc2)c(OCC)cc1NC(=O)CN(Cc1ccco1)C1CC1. The minimum absolute atomic E-state index is 0.159. The van der Waals surface area contributed by atoms with Crippen LogP contribution in [-0.2, 0) is 11.3 Å². The van der Waals surface area contributed by atoms with Crippen LogP contribution in [0.2, 0.25) is 0 Å². The summed E-state index contributed by atoms with van der Waals surface area (Å²) in [5.74, 6) is 1.32. The van der Waals surface area contributed by atoms with Crippen LogP contribution in [0.25, 0.3) is 0 Å². The number of nitrogens with zero attached hydrogens (tertiary/aromatic N) is 1. The smallest absolute Gasteiger partial charge is 0.255 e. The van der Waals surface area contributed by atoms with Gasteiger partial charge < -0.3 is 24.5 Å². The van der Waals surface area contributed by atoms with Crippen molar-refractivity contribution in [2.24, 2.45) is 0 Å². The minimum atomic E-state index is -0.260. The van der Waals surface area contributed by atoms with E-state index >= 15 is 0 Å². The molecule has 0 bridgehead atoms. The van der Waals surface area contributed by atoms with Crippen molar-refractivity contribution < 1.29 is 23.5 Å². The number of anilines is 2. The maximum Gasteiger partial charge on any atom is 0.255 e. The molecule has 184 valence electrons. The van der Waals surface area contributed by atoms with E-state index in [1.54, 1.807) is 42.7 Å². The van der Waals surface area contributed by atoms with E-state index in [0.717, 1.165) is 18.6 Å². The standard InChI is InChI=1S/C27H31N3O5/c1-3-33-24-16-23(29-27(32)19-9-6-5-7-10-19)25(34-4-2)15-22(24)28-26(31)18-30(20-12-13-20)17-21-11-8-14-35-21/h5-11,14-16,20H,3-4,12-13,17-18H2,1-2H3,(H,28,31)(H,29,32). The highest BCUT2D eigenvalue weighted by molar-refractivity contribution is 6.05. The second-order valence-corrected chi connectivity index (χ2v) is 8.29. The predicted octanol–water partition coefficient (Wildman–Crippen LogP) is 4.93. The molecule has 4 rings (SSSR count). The number of carbonyl (C=O) groups excluding carboxylic acids is 2. The summed E-state index contributed by atoms with van der Waals surface area (Å²) in [6.07, 6.45) is 3.78. The van der Waals surface area contributed by atoms with Crippen molar-refractivity contribution in [2.75, 3.05) is 30.4 Å². The molecule has 0 unspecified atom stereocenters. The molecule has 2 aromatic carbocycles. The van der Waals surface area contributed by atoms with Gasteiger partial charge in [-0.2, -0.15) is 0 Å². The molecule has 1 aliphatic rings. The number of furan rings is 1. The molecule has 3 aromatic rings. The van der Waals surface area contributed by atoms with Gasteiger partial charge in [0.15, 0.2) is 0 Å². The highest BCUT2D eigenvalue weighted by Gasteiger charge is 2.31. The van der Waals surface area contributed by atoms with Crippen LogP contribution >= 0.6 is 0 Å². The van der Waals surface area contributed by atoms with E-state index < -0.39 is 0 Å². The first-order valence-electron chi connectivity index (χ1n) is 11.9. The Balaban J connectivity index is 1.52. The molecule has 2 amide bonds. The van der Waals surface area contributed by atoms with Gasteiger partial charge in [0.25, 0.3) is 5.91 Å². The van der Waals surface area contributed by atoms with Crippen molar-refractivity contribution in [3.63, 3.8) is 0 Å². The molecule has 1 saturated carbocycles. The normalized spacial score (nSPS) is 12.9. The molecule has 0 saturated heterocycles. The van der Waals surface area contributed by atoms with Crippen molar-refractivity contribution in [3.8, 4) is 11.5 Å². The summed E-state index contributed by atoms with van der Waals surface area (Å²) in [5, 5.41) is 5.87. The second kappa shape index (κ2) is 11.6. The highest BCUT2D eigenvalue weighted by Crippen LogP contribution is 2.37. The van der Waals surface area contributed by atoms with Gasteiger partial charge in [0.2, 0.25) is 5.91 Å². The van der Waals surface area contributed by atoms with Gasteiger partial charge in [-0.25, -0.2) is 0 Å². The summed E-state index contributed by atoms with van der Waals surface area (Å²) >= 11 is 0. The van der Waals surface area contributed by atoms with E-state index in [4.69, 9.17) is 13.9 Å². The number of rotatable bonds is 12. The van der Waals surface area contributed by atoms with Crippen molar-refractivity contribution in [1.82, 2.24) is 4.90 Å². The number of hydrogen-bond donors (Lipinski definition) is 2. The van der Waals surface area contributed by atoms with Crippen LogP contribution in [0.15, 0.2) is 65.3 Å². The Morgan fingerprint density at radius 1 is 0.943 bits per heavy atom. The zero-order valence-corrected chi connectivity index (χ0v) is 20.1.